The summed E-state index contributed by atoms with van der Waals surface area (Å²) in [6.45, 7) is 6.63. The zero-order valence-corrected chi connectivity index (χ0v) is 11.7. The topological polar surface area (TPSA) is 15.3 Å². The minimum atomic E-state index is -0.170. The van der Waals surface area contributed by atoms with Crippen LogP contribution in [-0.2, 0) is 0 Å². The number of nitrogens with zero attached hydrogens (tertiary/aromatic N) is 1. The van der Waals surface area contributed by atoms with Crippen molar-refractivity contribution in [2.75, 3.05) is 37.7 Å². The molecule has 1 unspecified atom stereocenters. The van der Waals surface area contributed by atoms with Crippen LogP contribution in [0, 0.1) is 5.82 Å². The van der Waals surface area contributed by atoms with Gasteiger partial charge in [-0.2, -0.15) is 11.8 Å². The Kier molecular flexibility index (Phi) is 5.47. The van der Waals surface area contributed by atoms with Crippen LogP contribution in [0.2, 0.25) is 0 Å². The van der Waals surface area contributed by atoms with E-state index in [1.807, 2.05) is 23.9 Å². The van der Waals surface area contributed by atoms with Gasteiger partial charge in [0.25, 0.3) is 0 Å². The van der Waals surface area contributed by atoms with Crippen LogP contribution in [0.3, 0.4) is 0 Å². The zero-order valence-electron chi connectivity index (χ0n) is 10.9. The highest BCUT2D eigenvalue weighted by molar-refractivity contribution is 7.99. The number of thioether (sulfide) groups is 1. The van der Waals surface area contributed by atoms with E-state index in [2.05, 4.69) is 17.1 Å². The van der Waals surface area contributed by atoms with Crippen molar-refractivity contribution in [3.63, 3.8) is 0 Å². The summed E-state index contributed by atoms with van der Waals surface area (Å²) in [5.41, 5.74) is 1.14. The minimum absolute atomic E-state index is 0.170. The van der Waals surface area contributed by atoms with E-state index in [0.29, 0.717) is 0 Å². The van der Waals surface area contributed by atoms with E-state index in [0.717, 1.165) is 18.7 Å². The Bertz CT molecular complexity index is 349. The molecule has 0 saturated carbocycles. The molecule has 1 aliphatic rings. The number of rotatable bonds is 5. The van der Waals surface area contributed by atoms with Crippen LogP contribution in [0.4, 0.5) is 4.39 Å². The number of nitrogens with one attached hydrogen (secondary N) is 1. The Morgan fingerprint density at radius 2 is 1.94 bits per heavy atom. The van der Waals surface area contributed by atoms with Gasteiger partial charge in [0.05, 0.1) is 0 Å². The first-order chi connectivity index (χ1) is 8.75. The van der Waals surface area contributed by atoms with Crippen molar-refractivity contribution < 1.29 is 4.39 Å². The Morgan fingerprint density at radius 1 is 1.28 bits per heavy atom. The highest BCUT2D eigenvalue weighted by Crippen LogP contribution is 2.13. The lowest BCUT2D eigenvalue weighted by molar-refractivity contribution is 0.297. The Balaban J connectivity index is 1.70. The Morgan fingerprint density at radius 3 is 2.61 bits per heavy atom. The SMILES string of the molecule is CC(NCCN1CCSCC1)c1ccc(F)cc1. The quantitative estimate of drug-likeness (QED) is 0.883. The lowest BCUT2D eigenvalue weighted by Crippen LogP contribution is -2.38. The van der Waals surface area contributed by atoms with Gasteiger partial charge in [0.15, 0.2) is 0 Å². The van der Waals surface area contributed by atoms with Gasteiger partial charge < -0.3 is 10.2 Å². The van der Waals surface area contributed by atoms with Gasteiger partial charge in [-0.3, -0.25) is 0 Å². The third-order valence-electron chi connectivity index (χ3n) is 3.35. The van der Waals surface area contributed by atoms with E-state index in [9.17, 15) is 4.39 Å². The van der Waals surface area contributed by atoms with Gasteiger partial charge >= 0.3 is 0 Å². The smallest absolute Gasteiger partial charge is 0.123 e. The molecule has 1 aromatic rings. The predicted molar refractivity (Wildman–Crippen MR) is 76.6 cm³/mol. The zero-order chi connectivity index (χ0) is 12.8. The second-order valence-corrected chi connectivity index (χ2v) is 5.91. The fourth-order valence-corrected chi connectivity index (χ4v) is 3.11. The molecule has 1 aromatic carbocycles. The van der Waals surface area contributed by atoms with Crippen molar-refractivity contribution in [2.45, 2.75) is 13.0 Å². The second-order valence-electron chi connectivity index (χ2n) is 4.68. The molecule has 0 radical (unpaired) electrons. The first-order valence-corrected chi connectivity index (χ1v) is 7.70. The monoisotopic (exact) mass is 268 g/mol. The summed E-state index contributed by atoms with van der Waals surface area (Å²) in [4.78, 5) is 2.50. The largest absolute Gasteiger partial charge is 0.309 e. The van der Waals surface area contributed by atoms with Gasteiger partial charge in [-0.1, -0.05) is 12.1 Å². The average molecular weight is 268 g/mol. The first kappa shape index (κ1) is 13.8. The van der Waals surface area contributed by atoms with Gasteiger partial charge in [0.2, 0.25) is 0 Å². The van der Waals surface area contributed by atoms with Gasteiger partial charge in [-0.15, -0.1) is 0 Å². The summed E-state index contributed by atoms with van der Waals surface area (Å²) in [7, 11) is 0. The van der Waals surface area contributed by atoms with Crippen molar-refractivity contribution >= 4 is 11.8 Å². The number of benzene rings is 1. The third kappa shape index (κ3) is 4.26. The van der Waals surface area contributed by atoms with Crippen LogP contribution in [0.15, 0.2) is 24.3 Å². The van der Waals surface area contributed by atoms with Crippen LogP contribution in [0.1, 0.15) is 18.5 Å². The lowest BCUT2D eigenvalue weighted by atomic mass is 10.1. The summed E-state index contributed by atoms with van der Waals surface area (Å²) < 4.78 is 12.8. The third-order valence-corrected chi connectivity index (χ3v) is 4.29. The normalized spacial score (nSPS) is 18.8. The fourth-order valence-electron chi connectivity index (χ4n) is 2.13. The van der Waals surface area contributed by atoms with Crippen molar-refractivity contribution in [2.24, 2.45) is 0 Å². The molecule has 0 bridgehead atoms. The molecule has 18 heavy (non-hydrogen) atoms. The molecular weight excluding hydrogens is 247 g/mol. The molecular formula is C14H21FN2S. The van der Waals surface area contributed by atoms with Gasteiger partial charge in [-0.05, 0) is 24.6 Å². The molecule has 2 nitrogen and oxygen atoms in total. The minimum Gasteiger partial charge on any atom is -0.309 e. The summed E-state index contributed by atoms with van der Waals surface area (Å²) in [5, 5.41) is 3.49. The molecule has 4 heteroatoms. The van der Waals surface area contributed by atoms with E-state index < -0.39 is 0 Å². The van der Waals surface area contributed by atoms with Crippen molar-refractivity contribution in [3.8, 4) is 0 Å². The van der Waals surface area contributed by atoms with Gasteiger partial charge in [0, 0.05) is 43.7 Å². The Labute approximate surface area is 113 Å². The van der Waals surface area contributed by atoms with Gasteiger partial charge in [-0.25, -0.2) is 4.39 Å². The van der Waals surface area contributed by atoms with E-state index in [4.69, 9.17) is 0 Å². The van der Waals surface area contributed by atoms with E-state index >= 15 is 0 Å². The molecule has 1 heterocycles. The van der Waals surface area contributed by atoms with Crippen molar-refractivity contribution in [1.29, 1.82) is 0 Å². The molecule has 0 aliphatic carbocycles. The van der Waals surface area contributed by atoms with Crippen LogP contribution >= 0.6 is 11.8 Å². The lowest BCUT2D eigenvalue weighted by Gasteiger charge is -2.26. The maximum absolute atomic E-state index is 12.8. The summed E-state index contributed by atoms with van der Waals surface area (Å²) >= 11 is 2.04. The predicted octanol–water partition coefficient (Wildman–Crippen LogP) is 2.53. The van der Waals surface area contributed by atoms with Crippen LogP contribution in [-0.4, -0.2) is 42.6 Å². The average Bonchev–Trinajstić information content (AvgIpc) is 2.40. The Hall–Kier alpha value is -0.580. The number of hydrogen-bond acceptors (Lipinski definition) is 3. The van der Waals surface area contributed by atoms with E-state index in [-0.39, 0.29) is 11.9 Å². The molecule has 1 aliphatic heterocycles. The molecule has 0 spiro atoms. The maximum Gasteiger partial charge on any atom is 0.123 e. The standard InChI is InChI=1S/C14H21FN2S/c1-12(13-2-4-14(15)5-3-13)16-6-7-17-8-10-18-11-9-17/h2-5,12,16H,6-11H2,1H3. The summed E-state index contributed by atoms with van der Waals surface area (Å²) in [6, 6.07) is 7.03. The molecule has 1 N–H and O–H groups in total. The number of halogens is 1. The molecule has 1 fully saturated rings. The van der Waals surface area contributed by atoms with Gasteiger partial charge in [0.1, 0.15) is 5.82 Å². The van der Waals surface area contributed by atoms with Crippen LogP contribution < -0.4 is 5.32 Å². The maximum atomic E-state index is 12.8. The molecule has 2 rings (SSSR count). The summed E-state index contributed by atoms with van der Waals surface area (Å²) in [5.74, 6) is 2.35. The van der Waals surface area contributed by atoms with Crippen LogP contribution in [0.5, 0.6) is 0 Å². The highest BCUT2D eigenvalue weighted by Gasteiger charge is 2.10. The van der Waals surface area contributed by atoms with Crippen LogP contribution in [0.25, 0.3) is 0 Å². The fraction of sp³-hybridized carbons (Fsp3) is 0.571. The molecule has 1 atom stereocenters. The number of hydrogen-bond donors (Lipinski definition) is 1. The first-order valence-electron chi connectivity index (χ1n) is 6.54. The van der Waals surface area contributed by atoms with Crippen molar-refractivity contribution in [3.05, 3.63) is 35.6 Å². The molecule has 0 amide bonds. The molecule has 100 valence electrons. The highest BCUT2D eigenvalue weighted by atomic mass is 32.2. The van der Waals surface area contributed by atoms with E-state index in [1.165, 1.54) is 36.7 Å². The van der Waals surface area contributed by atoms with E-state index in [1.54, 1.807) is 0 Å². The molecule has 0 aromatic heterocycles. The van der Waals surface area contributed by atoms with Crippen molar-refractivity contribution in [1.82, 2.24) is 10.2 Å². The molecule has 1 saturated heterocycles. The second kappa shape index (κ2) is 7.12. The summed E-state index contributed by atoms with van der Waals surface area (Å²) in [6.07, 6.45) is 0.